The fourth-order valence-electron chi connectivity index (χ4n) is 2.88. The number of morpholine rings is 1. The van der Waals surface area contributed by atoms with Gasteiger partial charge in [-0.2, -0.15) is 4.31 Å². The van der Waals surface area contributed by atoms with Crippen molar-refractivity contribution in [2.45, 2.75) is 51.3 Å². The molecule has 2 unspecified atom stereocenters. The molecule has 1 aliphatic rings. The van der Waals surface area contributed by atoms with Gasteiger partial charge in [-0.05, 0) is 34.7 Å². The zero-order chi connectivity index (χ0) is 15.8. The molecule has 2 atom stereocenters. The van der Waals surface area contributed by atoms with E-state index in [4.69, 9.17) is 9.15 Å². The molecule has 1 aromatic heterocycles. The van der Waals surface area contributed by atoms with Gasteiger partial charge in [-0.3, -0.25) is 0 Å². The maximum Gasteiger partial charge on any atom is 0.247 e. The average Bonchev–Trinajstić information content (AvgIpc) is 2.64. The van der Waals surface area contributed by atoms with Gasteiger partial charge in [-0.1, -0.05) is 0 Å². The van der Waals surface area contributed by atoms with E-state index < -0.39 is 10.0 Å². The molecule has 0 saturated carbocycles. The molecule has 0 spiro atoms. The van der Waals surface area contributed by atoms with Crippen LogP contribution in [-0.4, -0.2) is 45.1 Å². The molecular weight excluding hydrogens is 292 g/mol. The summed E-state index contributed by atoms with van der Waals surface area (Å²) in [5, 5.41) is 3.00. The topological polar surface area (TPSA) is 71.8 Å². The Kier molecular flexibility index (Phi) is 4.77. The van der Waals surface area contributed by atoms with E-state index in [1.165, 1.54) is 4.31 Å². The molecule has 120 valence electrons. The second-order valence-electron chi connectivity index (χ2n) is 5.63. The highest BCUT2D eigenvalue weighted by Crippen LogP contribution is 2.30. The molecular formula is C14H24N2O4S. The van der Waals surface area contributed by atoms with Crippen LogP contribution in [-0.2, 0) is 21.3 Å². The standard InChI is InChI=1S/C14H24N2O4S/c1-9-7-16(8-10(2)19-9)21(17,18)14-12(4)20-11(3)13(14)6-15-5/h9-10,15H,6-8H2,1-5H3. The Balaban J connectivity index is 2.44. The number of sulfonamides is 1. The Hall–Kier alpha value is -0.890. The van der Waals surface area contributed by atoms with Crippen LogP contribution in [0.15, 0.2) is 9.31 Å². The highest BCUT2D eigenvalue weighted by molar-refractivity contribution is 7.89. The van der Waals surface area contributed by atoms with Crippen molar-refractivity contribution in [1.29, 1.82) is 0 Å². The molecule has 0 aliphatic carbocycles. The van der Waals surface area contributed by atoms with Crippen molar-refractivity contribution >= 4 is 10.0 Å². The van der Waals surface area contributed by atoms with E-state index in [0.717, 1.165) is 0 Å². The minimum atomic E-state index is -3.57. The third-order valence-electron chi connectivity index (χ3n) is 3.66. The van der Waals surface area contributed by atoms with Crippen LogP contribution in [0.25, 0.3) is 0 Å². The van der Waals surface area contributed by atoms with Crippen LogP contribution in [0.3, 0.4) is 0 Å². The first-order valence-electron chi connectivity index (χ1n) is 7.16. The fourth-order valence-corrected chi connectivity index (χ4v) is 4.89. The van der Waals surface area contributed by atoms with Crippen LogP contribution in [0.2, 0.25) is 0 Å². The Morgan fingerprint density at radius 3 is 2.29 bits per heavy atom. The Labute approximate surface area is 126 Å². The maximum absolute atomic E-state index is 13.0. The molecule has 1 aliphatic heterocycles. The van der Waals surface area contributed by atoms with Crippen molar-refractivity contribution in [3.05, 3.63) is 17.1 Å². The van der Waals surface area contributed by atoms with Crippen LogP contribution in [0.4, 0.5) is 0 Å². The van der Waals surface area contributed by atoms with Gasteiger partial charge in [0, 0.05) is 25.2 Å². The highest BCUT2D eigenvalue weighted by Gasteiger charge is 2.36. The molecule has 2 heterocycles. The number of nitrogens with one attached hydrogen (secondary N) is 1. The van der Waals surface area contributed by atoms with E-state index >= 15 is 0 Å². The van der Waals surface area contributed by atoms with Crippen molar-refractivity contribution in [1.82, 2.24) is 9.62 Å². The number of aryl methyl sites for hydroxylation is 2. The number of ether oxygens (including phenoxy) is 1. The van der Waals surface area contributed by atoms with Gasteiger partial charge in [0.25, 0.3) is 0 Å². The summed E-state index contributed by atoms with van der Waals surface area (Å²) in [6.45, 7) is 8.48. The van der Waals surface area contributed by atoms with Crippen LogP contribution in [0, 0.1) is 13.8 Å². The van der Waals surface area contributed by atoms with Crippen LogP contribution in [0.1, 0.15) is 30.9 Å². The molecule has 1 N–H and O–H groups in total. The van der Waals surface area contributed by atoms with Gasteiger partial charge < -0.3 is 14.5 Å². The number of rotatable bonds is 4. The lowest BCUT2D eigenvalue weighted by atomic mass is 10.2. The van der Waals surface area contributed by atoms with E-state index in [-0.39, 0.29) is 12.2 Å². The Morgan fingerprint density at radius 2 is 1.76 bits per heavy atom. The largest absolute Gasteiger partial charge is 0.465 e. The van der Waals surface area contributed by atoms with Crippen molar-refractivity contribution < 1.29 is 17.6 Å². The molecule has 7 heteroatoms. The second-order valence-corrected chi connectivity index (χ2v) is 7.51. The summed E-state index contributed by atoms with van der Waals surface area (Å²) in [4.78, 5) is 0.302. The van der Waals surface area contributed by atoms with Gasteiger partial charge in [0.2, 0.25) is 10.0 Å². The number of furan rings is 1. The summed E-state index contributed by atoms with van der Waals surface area (Å²) in [7, 11) is -1.78. The molecule has 1 aromatic rings. The molecule has 0 amide bonds. The highest BCUT2D eigenvalue weighted by atomic mass is 32.2. The van der Waals surface area contributed by atoms with E-state index in [0.29, 0.717) is 41.6 Å². The average molecular weight is 316 g/mol. The molecule has 2 rings (SSSR count). The van der Waals surface area contributed by atoms with Crippen LogP contribution < -0.4 is 5.32 Å². The smallest absolute Gasteiger partial charge is 0.247 e. The predicted molar refractivity (Wildman–Crippen MR) is 79.7 cm³/mol. The monoisotopic (exact) mass is 316 g/mol. The van der Waals surface area contributed by atoms with Crippen LogP contribution in [0.5, 0.6) is 0 Å². The number of hydrogen-bond acceptors (Lipinski definition) is 5. The van der Waals surface area contributed by atoms with Gasteiger partial charge in [0.05, 0.1) is 12.2 Å². The normalized spacial score (nSPS) is 24.4. The zero-order valence-corrected chi connectivity index (χ0v) is 14.1. The third kappa shape index (κ3) is 3.15. The summed E-state index contributed by atoms with van der Waals surface area (Å²) in [6, 6.07) is 0. The van der Waals surface area contributed by atoms with Crippen molar-refractivity contribution in [3.63, 3.8) is 0 Å². The molecule has 0 aromatic carbocycles. The third-order valence-corrected chi connectivity index (χ3v) is 5.69. The lowest BCUT2D eigenvalue weighted by Crippen LogP contribution is -2.48. The second kappa shape index (κ2) is 6.08. The van der Waals surface area contributed by atoms with Crippen molar-refractivity contribution in [2.75, 3.05) is 20.1 Å². The number of nitrogens with zero attached hydrogens (tertiary/aromatic N) is 1. The Morgan fingerprint density at radius 1 is 1.19 bits per heavy atom. The lowest BCUT2D eigenvalue weighted by Gasteiger charge is -2.34. The molecule has 21 heavy (non-hydrogen) atoms. The quantitative estimate of drug-likeness (QED) is 0.909. The summed E-state index contributed by atoms with van der Waals surface area (Å²) in [5.41, 5.74) is 0.710. The van der Waals surface area contributed by atoms with Crippen LogP contribution >= 0.6 is 0 Å². The first-order chi connectivity index (χ1) is 9.77. The fraction of sp³-hybridized carbons (Fsp3) is 0.714. The van der Waals surface area contributed by atoms with E-state index in [1.807, 2.05) is 13.8 Å². The van der Waals surface area contributed by atoms with Gasteiger partial charge in [-0.15, -0.1) is 0 Å². The first-order valence-corrected chi connectivity index (χ1v) is 8.60. The SMILES string of the molecule is CNCc1c(C)oc(C)c1S(=O)(=O)N1CC(C)OC(C)C1. The van der Waals surface area contributed by atoms with E-state index in [2.05, 4.69) is 5.32 Å². The van der Waals surface area contributed by atoms with Gasteiger partial charge in [0.1, 0.15) is 16.4 Å². The van der Waals surface area contributed by atoms with Crippen molar-refractivity contribution in [2.24, 2.45) is 0 Å². The first kappa shape index (κ1) is 16.5. The van der Waals surface area contributed by atoms with Gasteiger partial charge >= 0.3 is 0 Å². The Bertz CT molecular complexity index is 599. The molecule has 1 fully saturated rings. The maximum atomic E-state index is 13.0. The molecule has 0 radical (unpaired) electrons. The molecule has 1 saturated heterocycles. The predicted octanol–water partition coefficient (Wildman–Crippen LogP) is 1.41. The van der Waals surface area contributed by atoms with E-state index in [9.17, 15) is 8.42 Å². The molecule has 6 nitrogen and oxygen atoms in total. The van der Waals surface area contributed by atoms with Gasteiger partial charge in [0.15, 0.2) is 0 Å². The minimum absolute atomic E-state index is 0.107. The van der Waals surface area contributed by atoms with Crippen molar-refractivity contribution in [3.8, 4) is 0 Å². The lowest BCUT2D eigenvalue weighted by molar-refractivity contribution is -0.0441. The summed E-state index contributed by atoms with van der Waals surface area (Å²) >= 11 is 0. The number of hydrogen-bond donors (Lipinski definition) is 1. The molecule has 0 bridgehead atoms. The zero-order valence-electron chi connectivity index (χ0n) is 13.3. The summed E-state index contributed by atoms with van der Waals surface area (Å²) < 4.78 is 38.7. The van der Waals surface area contributed by atoms with Gasteiger partial charge in [-0.25, -0.2) is 8.42 Å². The minimum Gasteiger partial charge on any atom is -0.465 e. The van der Waals surface area contributed by atoms with E-state index in [1.54, 1.807) is 20.9 Å². The summed E-state index contributed by atoms with van der Waals surface area (Å²) in [5.74, 6) is 1.10. The summed E-state index contributed by atoms with van der Waals surface area (Å²) in [6.07, 6.45) is -0.214.